The minimum atomic E-state index is -2.03. The number of hydrogen-bond donors (Lipinski definition) is 1. The predicted octanol–water partition coefficient (Wildman–Crippen LogP) is 4.97. The Hall–Kier alpha value is -2.16. The van der Waals surface area contributed by atoms with Gasteiger partial charge in [-0.05, 0) is 73.3 Å². The van der Waals surface area contributed by atoms with Gasteiger partial charge >= 0.3 is 0 Å². The van der Waals surface area contributed by atoms with E-state index in [1.807, 2.05) is 44.5 Å². The third-order valence-electron chi connectivity index (χ3n) is 5.59. The maximum absolute atomic E-state index is 12.2. The molecule has 0 unspecified atom stereocenters. The van der Waals surface area contributed by atoms with Crippen LogP contribution in [-0.2, 0) is 4.57 Å². The van der Waals surface area contributed by atoms with Crippen LogP contribution >= 0.6 is 34.4 Å². The van der Waals surface area contributed by atoms with Crippen LogP contribution < -0.4 is 5.32 Å². The number of anilines is 1. The number of fused-ring (bicyclic) bond motifs is 1. The van der Waals surface area contributed by atoms with Crippen LogP contribution in [0.15, 0.2) is 35.1 Å². The number of halogens is 1. The molecule has 0 amide bonds. The molecule has 160 valence electrons. The van der Waals surface area contributed by atoms with E-state index in [2.05, 4.69) is 41.5 Å². The van der Waals surface area contributed by atoms with Gasteiger partial charge in [0.25, 0.3) is 0 Å². The van der Waals surface area contributed by atoms with E-state index in [9.17, 15) is 4.57 Å². The zero-order chi connectivity index (χ0) is 21.8. The number of benzene rings is 1. The first-order valence-corrected chi connectivity index (χ1v) is 14.2. The number of aryl methyl sites for hydroxylation is 1. The Labute approximate surface area is 192 Å². The number of rotatable bonds is 5. The van der Waals surface area contributed by atoms with Crippen molar-refractivity contribution in [2.75, 3.05) is 18.6 Å². The van der Waals surface area contributed by atoms with Gasteiger partial charge in [-0.2, -0.15) is 10.1 Å². The van der Waals surface area contributed by atoms with Crippen LogP contribution in [0.4, 0.5) is 5.95 Å². The Morgan fingerprint density at radius 2 is 1.94 bits per heavy atom. The van der Waals surface area contributed by atoms with Crippen LogP contribution in [0, 0.1) is 6.92 Å². The molecule has 0 aliphatic heterocycles. The monoisotopic (exact) mass is 517 g/mol. The molecule has 0 radical (unpaired) electrons. The Bertz CT molecular complexity index is 1310. The second kappa shape index (κ2) is 7.76. The van der Waals surface area contributed by atoms with Crippen LogP contribution in [0.1, 0.15) is 17.8 Å². The van der Waals surface area contributed by atoms with Gasteiger partial charge in [0.05, 0.1) is 18.2 Å². The summed E-state index contributed by atoms with van der Waals surface area (Å²) in [6.45, 7) is 5.68. The number of aromatic nitrogens is 6. The third-order valence-corrected chi connectivity index (χ3v) is 9.24. The molecule has 1 N–H and O–H groups in total. The molecule has 1 aliphatic rings. The average Bonchev–Trinajstić information content (AvgIpc) is 3.27. The molecular weight excluding hydrogens is 497 g/mol. The summed E-state index contributed by atoms with van der Waals surface area (Å²) in [5, 5.41) is 19.0. The topological polar surface area (TPSA) is 98.5 Å². The molecule has 3 heterocycles. The molecule has 0 atom stereocenters. The highest BCUT2D eigenvalue weighted by Gasteiger charge is 2.37. The first-order valence-electron chi connectivity index (χ1n) is 9.91. The lowest BCUT2D eigenvalue weighted by atomic mass is 9.92. The fourth-order valence-electron chi connectivity index (χ4n) is 3.67. The molecule has 0 saturated heterocycles. The summed E-state index contributed by atoms with van der Waals surface area (Å²) >= 11 is 5.09. The van der Waals surface area contributed by atoms with Crippen molar-refractivity contribution in [3.05, 3.63) is 40.1 Å². The smallest absolute Gasteiger partial charge is 0.224 e. The molecule has 0 spiro atoms. The highest BCUT2D eigenvalue weighted by molar-refractivity contribution is 9.10. The third kappa shape index (κ3) is 4.04. The molecule has 4 aromatic rings. The second-order valence-electron chi connectivity index (χ2n) is 8.21. The molecule has 8 nitrogen and oxygen atoms in total. The number of nitrogens with zero attached hydrogens (tertiary/aromatic N) is 6. The molecule has 1 aliphatic carbocycles. The van der Waals surface area contributed by atoms with Gasteiger partial charge in [0.15, 0.2) is 5.65 Å². The average molecular weight is 518 g/mol. The first kappa shape index (κ1) is 20.7. The molecule has 5 rings (SSSR count). The number of nitrogens with one attached hydrogen (secondary N) is 1. The Morgan fingerprint density at radius 1 is 1.19 bits per heavy atom. The molecule has 1 saturated carbocycles. The van der Waals surface area contributed by atoms with E-state index in [1.165, 1.54) is 0 Å². The molecule has 11 heteroatoms. The lowest BCUT2D eigenvalue weighted by molar-refractivity contribution is 0.433. The summed E-state index contributed by atoms with van der Waals surface area (Å²) in [5.74, 6) is 0.563. The van der Waals surface area contributed by atoms with Gasteiger partial charge in [-0.1, -0.05) is 11.3 Å². The van der Waals surface area contributed by atoms with Crippen molar-refractivity contribution in [1.82, 2.24) is 29.9 Å². The summed E-state index contributed by atoms with van der Waals surface area (Å²) < 4.78 is 14.7. The van der Waals surface area contributed by atoms with Gasteiger partial charge in [-0.15, -0.1) is 10.2 Å². The summed E-state index contributed by atoms with van der Waals surface area (Å²) in [5.41, 5.74) is 2.93. The van der Waals surface area contributed by atoms with Crippen molar-refractivity contribution in [3.8, 4) is 16.3 Å². The zero-order valence-electron chi connectivity index (χ0n) is 17.3. The molecule has 1 fully saturated rings. The van der Waals surface area contributed by atoms with Crippen LogP contribution in [0.3, 0.4) is 0 Å². The minimum absolute atomic E-state index is 0.255. The van der Waals surface area contributed by atoms with E-state index < -0.39 is 7.14 Å². The van der Waals surface area contributed by atoms with E-state index in [1.54, 1.807) is 22.2 Å². The minimum Gasteiger partial charge on any atom is -0.351 e. The van der Waals surface area contributed by atoms with Gasteiger partial charge < -0.3 is 9.88 Å². The molecule has 31 heavy (non-hydrogen) atoms. The van der Waals surface area contributed by atoms with Crippen LogP contribution in [0.2, 0.25) is 0 Å². The lowest BCUT2D eigenvalue weighted by Crippen LogP contribution is -2.39. The van der Waals surface area contributed by atoms with Crippen molar-refractivity contribution >= 4 is 51.4 Å². The van der Waals surface area contributed by atoms with Crippen LogP contribution in [0.5, 0.6) is 0 Å². The highest BCUT2D eigenvalue weighted by Crippen LogP contribution is 2.52. The van der Waals surface area contributed by atoms with Gasteiger partial charge in [0.2, 0.25) is 5.95 Å². The van der Waals surface area contributed by atoms with E-state index >= 15 is 0 Å². The summed E-state index contributed by atoms with van der Waals surface area (Å²) in [6.07, 6.45) is 3.56. The normalized spacial score (nSPS) is 18.8. The summed E-state index contributed by atoms with van der Waals surface area (Å²) in [7, 11) is -2.03. The van der Waals surface area contributed by atoms with Crippen LogP contribution in [0.25, 0.3) is 27.3 Å². The van der Waals surface area contributed by atoms with Gasteiger partial charge in [-0.3, -0.25) is 0 Å². The Morgan fingerprint density at radius 3 is 2.58 bits per heavy atom. The number of hydrogen-bond acceptors (Lipinski definition) is 8. The van der Waals surface area contributed by atoms with E-state index in [4.69, 9.17) is 4.98 Å². The Balaban J connectivity index is 1.41. The molecule has 3 aromatic heterocycles. The first-order chi connectivity index (χ1) is 14.8. The van der Waals surface area contributed by atoms with E-state index in [0.717, 1.165) is 45.1 Å². The SMILES string of the molecule is Cc1nnc(-c2ccc(-n3nc(Br)c4cnc(NC5CC(P(C)(C)=O)C5)nc43)cc2)s1. The maximum Gasteiger partial charge on any atom is 0.224 e. The van der Waals surface area contributed by atoms with Gasteiger partial charge in [0.1, 0.15) is 14.6 Å². The summed E-state index contributed by atoms with van der Waals surface area (Å²) in [6, 6.07) is 8.27. The maximum atomic E-state index is 12.2. The van der Waals surface area contributed by atoms with Crippen LogP contribution in [-0.4, -0.2) is 55.0 Å². The van der Waals surface area contributed by atoms with Crippen molar-refractivity contribution in [2.24, 2.45) is 0 Å². The molecular formula is C20H21BrN7OPS. The van der Waals surface area contributed by atoms with E-state index in [-0.39, 0.29) is 6.04 Å². The fraction of sp³-hybridized carbons (Fsp3) is 0.350. The lowest BCUT2D eigenvalue weighted by Gasteiger charge is -2.38. The van der Waals surface area contributed by atoms with Gasteiger partial charge in [0, 0.05) is 23.5 Å². The molecule has 0 bridgehead atoms. The Kier molecular flexibility index (Phi) is 5.19. The van der Waals surface area contributed by atoms with Crippen molar-refractivity contribution < 1.29 is 4.57 Å². The molecule has 1 aromatic carbocycles. The second-order valence-corrected chi connectivity index (χ2v) is 13.7. The zero-order valence-corrected chi connectivity index (χ0v) is 20.6. The predicted molar refractivity (Wildman–Crippen MR) is 128 cm³/mol. The van der Waals surface area contributed by atoms with Gasteiger partial charge in [-0.25, -0.2) is 9.67 Å². The van der Waals surface area contributed by atoms with Crippen molar-refractivity contribution in [2.45, 2.75) is 31.5 Å². The largest absolute Gasteiger partial charge is 0.351 e. The quantitative estimate of drug-likeness (QED) is 0.373. The van der Waals surface area contributed by atoms with Crippen molar-refractivity contribution in [1.29, 1.82) is 0 Å². The fourth-order valence-corrected chi connectivity index (χ4v) is 6.33. The van der Waals surface area contributed by atoms with E-state index in [0.29, 0.717) is 16.2 Å². The summed E-state index contributed by atoms with van der Waals surface area (Å²) in [4.78, 5) is 9.18. The van der Waals surface area contributed by atoms with Crippen molar-refractivity contribution in [3.63, 3.8) is 0 Å². The standard InChI is InChI=1S/C20H21BrN7OPS/c1-11-25-26-19(31-11)12-4-6-14(7-5-12)28-18-16(17(21)27-28)10-22-20(24-18)23-13-8-15(9-13)30(2,3)29/h4-7,10,13,15H,8-9H2,1-3H3,(H,22,23,24). The highest BCUT2D eigenvalue weighted by atomic mass is 79.9.